The fourth-order valence-electron chi connectivity index (χ4n) is 2.30. The zero-order valence-corrected chi connectivity index (χ0v) is 12.4. The van der Waals surface area contributed by atoms with Crippen LogP contribution in [0.5, 0.6) is 0 Å². The lowest BCUT2D eigenvalue weighted by atomic mass is 10.0. The van der Waals surface area contributed by atoms with Crippen LogP contribution in [0.2, 0.25) is 0 Å². The molecule has 1 heterocycles. The van der Waals surface area contributed by atoms with Crippen LogP contribution in [-0.2, 0) is 4.79 Å². The van der Waals surface area contributed by atoms with E-state index in [1.807, 2.05) is 13.8 Å². The molecule has 1 aromatic heterocycles. The van der Waals surface area contributed by atoms with Crippen molar-refractivity contribution in [2.75, 3.05) is 0 Å². The highest BCUT2D eigenvalue weighted by Gasteiger charge is 2.22. The lowest BCUT2D eigenvalue weighted by molar-refractivity contribution is -0.139. The van der Waals surface area contributed by atoms with Crippen molar-refractivity contribution in [3.05, 3.63) is 46.2 Å². The predicted octanol–water partition coefficient (Wildman–Crippen LogP) is 1.76. The van der Waals surface area contributed by atoms with E-state index in [0.717, 1.165) is 0 Å². The van der Waals surface area contributed by atoms with Crippen LogP contribution in [0, 0.1) is 5.92 Å². The van der Waals surface area contributed by atoms with E-state index in [1.54, 1.807) is 24.3 Å². The molecule has 1 aromatic carbocycles. The third-order valence-electron chi connectivity index (χ3n) is 3.31. The van der Waals surface area contributed by atoms with Gasteiger partial charge < -0.3 is 15.4 Å². The molecule has 0 saturated carbocycles. The van der Waals surface area contributed by atoms with E-state index in [9.17, 15) is 19.5 Å². The molecule has 22 heavy (non-hydrogen) atoms. The maximum atomic E-state index is 12.4. The van der Waals surface area contributed by atoms with Gasteiger partial charge in [-0.15, -0.1) is 0 Å². The Kier molecular flexibility index (Phi) is 4.60. The van der Waals surface area contributed by atoms with E-state index in [4.69, 9.17) is 0 Å². The number of carbonyl (C=O) groups excluding carboxylic acids is 1. The normalized spacial score (nSPS) is 12.3. The minimum atomic E-state index is -1.07. The van der Waals surface area contributed by atoms with Gasteiger partial charge in [0.2, 0.25) is 5.56 Å². The summed E-state index contributed by atoms with van der Waals surface area (Å²) in [5.74, 6) is -1.45. The number of carboxylic acid groups (broad SMARTS) is 1. The highest BCUT2D eigenvalue weighted by Crippen LogP contribution is 2.15. The molecule has 0 aliphatic heterocycles. The Labute approximate surface area is 127 Å². The Balaban J connectivity index is 2.35. The number of amides is 1. The van der Waals surface area contributed by atoms with Gasteiger partial charge in [-0.2, -0.15) is 0 Å². The van der Waals surface area contributed by atoms with Crippen molar-refractivity contribution >= 4 is 22.8 Å². The van der Waals surface area contributed by atoms with Gasteiger partial charge in [-0.05, 0) is 29.9 Å². The van der Waals surface area contributed by atoms with Crippen molar-refractivity contribution in [2.24, 2.45) is 5.92 Å². The number of pyridine rings is 1. The Morgan fingerprint density at radius 1 is 1.23 bits per heavy atom. The van der Waals surface area contributed by atoms with Crippen LogP contribution in [0.15, 0.2) is 35.1 Å². The van der Waals surface area contributed by atoms with Gasteiger partial charge in [0.1, 0.15) is 6.04 Å². The number of aromatic amines is 1. The number of carbonyl (C=O) groups is 2. The molecule has 116 valence electrons. The van der Waals surface area contributed by atoms with Crippen LogP contribution in [0.3, 0.4) is 0 Å². The summed E-state index contributed by atoms with van der Waals surface area (Å²) in [5, 5.41) is 12.4. The number of benzene rings is 1. The summed E-state index contributed by atoms with van der Waals surface area (Å²) in [4.78, 5) is 37.7. The maximum Gasteiger partial charge on any atom is 0.326 e. The minimum absolute atomic E-state index is 0.133. The molecule has 2 rings (SSSR count). The summed E-state index contributed by atoms with van der Waals surface area (Å²) in [7, 11) is 0. The fraction of sp³-hybridized carbons (Fsp3) is 0.312. The van der Waals surface area contributed by atoms with Crippen molar-refractivity contribution in [3.8, 4) is 0 Å². The highest BCUT2D eigenvalue weighted by atomic mass is 16.4. The standard InChI is InChI=1S/C16H18N2O4/c1-9(2)8-12(16(21)22)17-15(20)11-5-3-4-10-6-7-13(19)18-14(10)11/h3-7,9,12H,8H2,1-2H3,(H,17,20)(H,18,19)(H,21,22)/t12-/m1/s1. The summed E-state index contributed by atoms with van der Waals surface area (Å²) in [6, 6.07) is 7.05. The van der Waals surface area contributed by atoms with Crippen molar-refractivity contribution in [1.82, 2.24) is 10.3 Å². The number of rotatable bonds is 5. The number of carboxylic acids is 1. The summed E-state index contributed by atoms with van der Waals surface area (Å²) in [5.41, 5.74) is 0.344. The monoisotopic (exact) mass is 302 g/mol. The van der Waals surface area contributed by atoms with Gasteiger partial charge in [-0.25, -0.2) is 4.79 Å². The molecule has 6 heteroatoms. The van der Waals surface area contributed by atoms with Gasteiger partial charge in [0.25, 0.3) is 5.91 Å². The van der Waals surface area contributed by atoms with Crippen molar-refractivity contribution in [3.63, 3.8) is 0 Å². The SMILES string of the molecule is CC(C)C[C@@H](NC(=O)c1cccc2ccc(=O)[nH]c12)C(=O)O. The zero-order chi connectivity index (χ0) is 16.3. The summed E-state index contributed by atoms with van der Waals surface area (Å²) in [6.07, 6.45) is 0.336. The third-order valence-corrected chi connectivity index (χ3v) is 3.31. The second-order valence-electron chi connectivity index (χ2n) is 5.59. The van der Waals surface area contributed by atoms with Crippen LogP contribution < -0.4 is 10.9 Å². The summed E-state index contributed by atoms with van der Waals surface area (Å²) >= 11 is 0. The fourth-order valence-corrected chi connectivity index (χ4v) is 2.30. The van der Waals surface area contributed by atoms with E-state index in [0.29, 0.717) is 17.3 Å². The molecule has 0 radical (unpaired) electrons. The Hall–Kier alpha value is -2.63. The number of hydrogen-bond donors (Lipinski definition) is 3. The molecular formula is C16H18N2O4. The van der Waals surface area contributed by atoms with Gasteiger partial charge in [0.15, 0.2) is 0 Å². The first-order chi connectivity index (χ1) is 10.4. The first-order valence-corrected chi connectivity index (χ1v) is 7.04. The molecule has 3 N–H and O–H groups in total. The van der Waals surface area contributed by atoms with Crippen molar-refractivity contribution in [1.29, 1.82) is 0 Å². The largest absolute Gasteiger partial charge is 0.480 e. The molecule has 0 bridgehead atoms. The Bertz CT molecular complexity index is 764. The first kappa shape index (κ1) is 15.8. The van der Waals surface area contributed by atoms with E-state index in [2.05, 4.69) is 10.3 Å². The number of H-pyrrole nitrogens is 1. The van der Waals surface area contributed by atoms with E-state index in [1.165, 1.54) is 6.07 Å². The molecular weight excluding hydrogens is 284 g/mol. The van der Waals surface area contributed by atoms with Gasteiger partial charge in [-0.3, -0.25) is 9.59 Å². The van der Waals surface area contributed by atoms with Crippen LogP contribution in [0.1, 0.15) is 30.6 Å². The van der Waals surface area contributed by atoms with Crippen LogP contribution in [0.25, 0.3) is 10.9 Å². The quantitative estimate of drug-likeness (QED) is 0.783. The molecule has 0 aliphatic carbocycles. The van der Waals surface area contributed by atoms with Crippen LogP contribution >= 0.6 is 0 Å². The maximum absolute atomic E-state index is 12.4. The summed E-state index contributed by atoms with van der Waals surface area (Å²) < 4.78 is 0. The second-order valence-corrected chi connectivity index (χ2v) is 5.59. The Morgan fingerprint density at radius 2 is 1.95 bits per heavy atom. The number of fused-ring (bicyclic) bond motifs is 1. The lowest BCUT2D eigenvalue weighted by Gasteiger charge is -2.17. The van der Waals surface area contributed by atoms with E-state index < -0.39 is 17.9 Å². The first-order valence-electron chi connectivity index (χ1n) is 7.04. The van der Waals surface area contributed by atoms with Gasteiger partial charge >= 0.3 is 5.97 Å². The summed E-state index contributed by atoms with van der Waals surface area (Å²) in [6.45, 7) is 3.77. The van der Waals surface area contributed by atoms with Crippen LogP contribution in [0.4, 0.5) is 0 Å². The van der Waals surface area contributed by atoms with E-state index in [-0.39, 0.29) is 17.0 Å². The molecule has 6 nitrogen and oxygen atoms in total. The third kappa shape index (κ3) is 3.52. The number of aromatic nitrogens is 1. The lowest BCUT2D eigenvalue weighted by Crippen LogP contribution is -2.41. The highest BCUT2D eigenvalue weighted by molar-refractivity contribution is 6.06. The molecule has 0 saturated heterocycles. The Morgan fingerprint density at radius 3 is 2.59 bits per heavy atom. The number of nitrogens with one attached hydrogen (secondary N) is 2. The topological polar surface area (TPSA) is 99.3 Å². The molecule has 0 unspecified atom stereocenters. The molecule has 0 aliphatic rings. The molecule has 2 aromatic rings. The average Bonchev–Trinajstić information content (AvgIpc) is 2.45. The van der Waals surface area contributed by atoms with Crippen molar-refractivity contribution in [2.45, 2.75) is 26.3 Å². The molecule has 0 spiro atoms. The molecule has 1 atom stereocenters. The molecule has 1 amide bonds. The number of para-hydroxylation sites is 1. The van der Waals surface area contributed by atoms with Crippen LogP contribution in [-0.4, -0.2) is 28.0 Å². The molecule has 0 fully saturated rings. The second kappa shape index (κ2) is 6.43. The number of hydrogen-bond acceptors (Lipinski definition) is 3. The van der Waals surface area contributed by atoms with Gasteiger partial charge in [0.05, 0.1) is 11.1 Å². The minimum Gasteiger partial charge on any atom is -0.480 e. The zero-order valence-electron chi connectivity index (χ0n) is 12.4. The van der Waals surface area contributed by atoms with Crippen molar-refractivity contribution < 1.29 is 14.7 Å². The predicted molar refractivity (Wildman–Crippen MR) is 82.9 cm³/mol. The average molecular weight is 302 g/mol. The van der Waals surface area contributed by atoms with Gasteiger partial charge in [-0.1, -0.05) is 26.0 Å². The smallest absolute Gasteiger partial charge is 0.326 e. The van der Waals surface area contributed by atoms with E-state index >= 15 is 0 Å². The van der Waals surface area contributed by atoms with Gasteiger partial charge in [0, 0.05) is 6.07 Å². The number of aliphatic carboxylic acids is 1.